The Hall–Kier alpha value is -2.43. The van der Waals surface area contributed by atoms with Crippen LogP contribution in [0.1, 0.15) is 10.4 Å². The molecule has 0 saturated heterocycles. The van der Waals surface area contributed by atoms with Crippen LogP contribution < -0.4 is 10.6 Å². The van der Waals surface area contributed by atoms with Gasteiger partial charge < -0.3 is 10.6 Å². The molecule has 0 aliphatic heterocycles. The summed E-state index contributed by atoms with van der Waals surface area (Å²) < 4.78 is 13.0. The summed E-state index contributed by atoms with van der Waals surface area (Å²) in [5, 5.41) is 5.51. The van der Waals surface area contributed by atoms with Crippen molar-refractivity contribution in [1.29, 1.82) is 0 Å². The van der Waals surface area contributed by atoms with Gasteiger partial charge in [-0.3, -0.25) is 4.79 Å². The fraction of sp³-hybridized carbons (Fsp3) is 0.0769. The van der Waals surface area contributed by atoms with Crippen molar-refractivity contribution in [3.05, 3.63) is 54.0 Å². The predicted molar refractivity (Wildman–Crippen MR) is 68.1 cm³/mol. The van der Waals surface area contributed by atoms with Crippen LogP contribution in [0.3, 0.4) is 0 Å². The standard InChI is InChI=1S/C13H12FN3O/c1-15-12-6-5-11(8-16-12)17-13(18)9-3-2-4-10(14)7-9/h2-8H,1H3,(H,15,16)(H,17,18). The molecular weight excluding hydrogens is 233 g/mol. The third-order valence-electron chi connectivity index (χ3n) is 2.36. The minimum atomic E-state index is -0.439. The Morgan fingerprint density at radius 3 is 2.72 bits per heavy atom. The van der Waals surface area contributed by atoms with E-state index in [4.69, 9.17) is 0 Å². The van der Waals surface area contributed by atoms with Crippen LogP contribution in [-0.2, 0) is 0 Å². The summed E-state index contributed by atoms with van der Waals surface area (Å²) in [6.45, 7) is 0. The fourth-order valence-electron chi connectivity index (χ4n) is 1.45. The summed E-state index contributed by atoms with van der Waals surface area (Å²) in [6, 6.07) is 8.97. The Labute approximate surface area is 104 Å². The van der Waals surface area contributed by atoms with Crippen molar-refractivity contribution in [2.75, 3.05) is 17.7 Å². The molecule has 0 unspecified atom stereocenters. The molecule has 0 radical (unpaired) electrons. The number of carbonyl (C=O) groups excluding carboxylic acids is 1. The van der Waals surface area contributed by atoms with E-state index in [0.29, 0.717) is 11.5 Å². The molecule has 0 spiro atoms. The number of anilines is 2. The number of hydrogen-bond donors (Lipinski definition) is 2. The first-order valence-electron chi connectivity index (χ1n) is 5.40. The summed E-state index contributed by atoms with van der Waals surface area (Å²) in [5.74, 6) is -0.0985. The zero-order valence-electron chi connectivity index (χ0n) is 9.77. The van der Waals surface area contributed by atoms with Crippen LogP contribution >= 0.6 is 0 Å². The molecule has 0 aliphatic rings. The maximum atomic E-state index is 13.0. The van der Waals surface area contributed by atoms with E-state index in [1.54, 1.807) is 25.2 Å². The zero-order chi connectivity index (χ0) is 13.0. The molecule has 92 valence electrons. The lowest BCUT2D eigenvalue weighted by Gasteiger charge is -2.05. The number of rotatable bonds is 3. The molecule has 2 aromatic rings. The van der Waals surface area contributed by atoms with Gasteiger partial charge in [-0.2, -0.15) is 0 Å². The summed E-state index contributed by atoms with van der Waals surface area (Å²) in [4.78, 5) is 15.9. The Bertz CT molecular complexity index is 554. The van der Waals surface area contributed by atoms with Crippen LogP contribution in [0.2, 0.25) is 0 Å². The molecule has 0 fully saturated rings. The first-order valence-corrected chi connectivity index (χ1v) is 5.40. The number of halogens is 1. The number of pyridine rings is 1. The average molecular weight is 245 g/mol. The molecule has 0 aliphatic carbocycles. The van der Waals surface area contributed by atoms with E-state index in [9.17, 15) is 9.18 Å². The van der Waals surface area contributed by atoms with Gasteiger partial charge in [0.1, 0.15) is 11.6 Å². The van der Waals surface area contributed by atoms with Crippen molar-refractivity contribution in [2.24, 2.45) is 0 Å². The predicted octanol–water partition coefficient (Wildman–Crippen LogP) is 2.51. The maximum absolute atomic E-state index is 13.0. The quantitative estimate of drug-likeness (QED) is 0.873. The Morgan fingerprint density at radius 1 is 1.28 bits per heavy atom. The minimum Gasteiger partial charge on any atom is -0.373 e. The molecule has 2 N–H and O–H groups in total. The fourth-order valence-corrected chi connectivity index (χ4v) is 1.45. The normalized spacial score (nSPS) is 9.89. The molecule has 2 rings (SSSR count). The van der Waals surface area contributed by atoms with E-state index in [2.05, 4.69) is 15.6 Å². The van der Waals surface area contributed by atoms with Gasteiger partial charge in [-0.1, -0.05) is 6.07 Å². The van der Waals surface area contributed by atoms with Gasteiger partial charge in [-0.05, 0) is 30.3 Å². The van der Waals surface area contributed by atoms with Crippen molar-refractivity contribution >= 4 is 17.4 Å². The van der Waals surface area contributed by atoms with Gasteiger partial charge in [-0.25, -0.2) is 9.37 Å². The van der Waals surface area contributed by atoms with Crippen LogP contribution in [-0.4, -0.2) is 17.9 Å². The molecule has 1 aromatic carbocycles. The average Bonchev–Trinajstić information content (AvgIpc) is 2.39. The van der Waals surface area contributed by atoms with E-state index >= 15 is 0 Å². The number of carbonyl (C=O) groups is 1. The third kappa shape index (κ3) is 2.82. The number of benzene rings is 1. The SMILES string of the molecule is CNc1ccc(NC(=O)c2cccc(F)c2)cn1. The number of nitrogens with zero attached hydrogens (tertiary/aromatic N) is 1. The zero-order valence-corrected chi connectivity index (χ0v) is 9.77. The maximum Gasteiger partial charge on any atom is 0.255 e. The first kappa shape index (κ1) is 12.0. The van der Waals surface area contributed by atoms with Crippen molar-refractivity contribution in [3.8, 4) is 0 Å². The number of amides is 1. The Kier molecular flexibility index (Phi) is 3.52. The first-order chi connectivity index (χ1) is 8.69. The highest BCUT2D eigenvalue weighted by Crippen LogP contribution is 2.11. The molecule has 0 bridgehead atoms. The van der Waals surface area contributed by atoms with E-state index in [-0.39, 0.29) is 11.5 Å². The third-order valence-corrected chi connectivity index (χ3v) is 2.36. The molecule has 1 amide bonds. The van der Waals surface area contributed by atoms with Crippen molar-refractivity contribution in [3.63, 3.8) is 0 Å². The van der Waals surface area contributed by atoms with Gasteiger partial charge >= 0.3 is 0 Å². The summed E-state index contributed by atoms with van der Waals surface area (Å²) in [7, 11) is 1.76. The smallest absolute Gasteiger partial charge is 0.255 e. The monoisotopic (exact) mass is 245 g/mol. The van der Waals surface area contributed by atoms with Crippen LogP contribution in [0.15, 0.2) is 42.6 Å². The van der Waals surface area contributed by atoms with Crippen molar-refractivity contribution in [2.45, 2.75) is 0 Å². The lowest BCUT2D eigenvalue weighted by Crippen LogP contribution is -2.12. The molecule has 0 saturated carbocycles. The molecule has 1 heterocycles. The topological polar surface area (TPSA) is 54.0 Å². The summed E-state index contributed by atoms with van der Waals surface area (Å²) in [6.07, 6.45) is 1.53. The Morgan fingerprint density at radius 2 is 2.11 bits per heavy atom. The van der Waals surface area contributed by atoms with E-state index in [1.165, 1.54) is 24.4 Å². The van der Waals surface area contributed by atoms with Crippen LogP contribution in [0.5, 0.6) is 0 Å². The highest BCUT2D eigenvalue weighted by atomic mass is 19.1. The van der Waals surface area contributed by atoms with Crippen LogP contribution in [0.4, 0.5) is 15.9 Å². The molecular formula is C13H12FN3O. The van der Waals surface area contributed by atoms with E-state index < -0.39 is 5.82 Å². The van der Waals surface area contributed by atoms with Gasteiger partial charge in [0.2, 0.25) is 0 Å². The van der Waals surface area contributed by atoms with Crippen LogP contribution in [0, 0.1) is 5.82 Å². The molecule has 4 nitrogen and oxygen atoms in total. The largest absolute Gasteiger partial charge is 0.373 e. The highest BCUT2D eigenvalue weighted by molar-refractivity contribution is 6.04. The second-order valence-corrected chi connectivity index (χ2v) is 3.65. The second kappa shape index (κ2) is 5.27. The van der Waals surface area contributed by atoms with E-state index in [0.717, 1.165) is 0 Å². The Balaban J connectivity index is 2.11. The summed E-state index contributed by atoms with van der Waals surface area (Å²) in [5.41, 5.74) is 0.830. The lowest BCUT2D eigenvalue weighted by molar-refractivity contribution is 0.102. The molecule has 5 heteroatoms. The second-order valence-electron chi connectivity index (χ2n) is 3.65. The highest BCUT2D eigenvalue weighted by Gasteiger charge is 2.06. The van der Waals surface area contributed by atoms with Gasteiger partial charge in [0.25, 0.3) is 5.91 Å². The minimum absolute atomic E-state index is 0.271. The number of nitrogens with one attached hydrogen (secondary N) is 2. The van der Waals surface area contributed by atoms with Gasteiger partial charge in [0, 0.05) is 12.6 Å². The lowest BCUT2D eigenvalue weighted by atomic mass is 10.2. The van der Waals surface area contributed by atoms with Crippen LogP contribution in [0.25, 0.3) is 0 Å². The van der Waals surface area contributed by atoms with Gasteiger partial charge in [0.05, 0.1) is 11.9 Å². The van der Waals surface area contributed by atoms with Gasteiger partial charge in [-0.15, -0.1) is 0 Å². The molecule has 1 aromatic heterocycles. The molecule has 0 atom stereocenters. The molecule has 18 heavy (non-hydrogen) atoms. The van der Waals surface area contributed by atoms with Crippen molar-refractivity contribution < 1.29 is 9.18 Å². The number of aromatic nitrogens is 1. The van der Waals surface area contributed by atoms with Crippen molar-refractivity contribution in [1.82, 2.24) is 4.98 Å². The van der Waals surface area contributed by atoms with E-state index in [1.807, 2.05) is 0 Å². The summed E-state index contributed by atoms with van der Waals surface area (Å²) >= 11 is 0. The number of hydrogen-bond acceptors (Lipinski definition) is 3. The van der Waals surface area contributed by atoms with Gasteiger partial charge in [0.15, 0.2) is 0 Å².